The Bertz CT molecular complexity index is 1070. The molecule has 4 aromatic heterocycles. The molecule has 5 aromatic rings. The molecule has 0 aliphatic carbocycles. The monoisotopic (exact) mass is 316 g/mol. The van der Waals surface area contributed by atoms with Crippen LogP contribution in [0.15, 0.2) is 29.0 Å². The Morgan fingerprint density at radius 2 is 1.58 bits per heavy atom. The highest BCUT2D eigenvalue weighted by atomic mass is 32.1. The van der Waals surface area contributed by atoms with E-state index in [-0.39, 0.29) is 0 Å². The highest BCUT2D eigenvalue weighted by Gasteiger charge is 2.13. The third kappa shape index (κ3) is 1.32. The van der Waals surface area contributed by atoms with Gasteiger partial charge in [0.15, 0.2) is 0 Å². The van der Waals surface area contributed by atoms with Gasteiger partial charge in [-0.3, -0.25) is 0 Å². The zero-order valence-electron chi connectivity index (χ0n) is 10.0. The smallest absolute Gasteiger partial charge is 0.0532 e. The van der Waals surface area contributed by atoms with Crippen molar-refractivity contribution in [3.8, 4) is 0 Å². The molecular formula is C15H8S4. The van der Waals surface area contributed by atoms with Crippen molar-refractivity contribution in [2.75, 3.05) is 0 Å². The maximum atomic E-state index is 2.40. The average molecular weight is 316 g/mol. The lowest BCUT2D eigenvalue weighted by Gasteiger charge is -1.92. The summed E-state index contributed by atoms with van der Waals surface area (Å²) in [6, 6.07) is 7.04. The third-order valence-electron chi connectivity index (χ3n) is 3.55. The molecule has 0 nitrogen and oxygen atoms in total. The molecular weight excluding hydrogens is 308 g/mol. The lowest BCUT2D eigenvalue weighted by Crippen LogP contribution is -1.63. The van der Waals surface area contributed by atoms with Crippen LogP contribution in [0.1, 0.15) is 5.56 Å². The molecule has 0 saturated carbocycles. The number of hydrogen-bond acceptors (Lipinski definition) is 4. The molecule has 0 N–H and O–H groups in total. The van der Waals surface area contributed by atoms with Gasteiger partial charge in [0.1, 0.15) is 0 Å². The van der Waals surface area contributed by atoms with Gasteiger partial charge in [-0.2, -0.15) is 0 Å². The van der Waals surface area contributed by atoms with Crippen LogP contribution in [-0.2, 0) is 0 Å². The second-order valence-electron chi connectivity index (χ2n) is 4.74. The lowest BCUT2D eigenvalue weighted by molar-refractivity contribution is 1.63. The fourth-order valence-corrected chi connectivity index (χ4v) is 7.37. The minimum Gasteiger partial charge on any atom is -0.142 e. The SMILES string of the molecule is Cc1csc2c1sc1cc3c(cc12)sc1ccsc13. The third-order valence-corrected chi connectivity index (χ3v) is 8.29. The first-order valence-corrected chi connectivity index (χ1v) is 9.40. The Labute approximate surface area is 125 Å². The van der Waals surface area contributed by atoms with Crippen molar-refractivity contribution in [3.05, 3.63) is 34.5 Å². The summed E-state index contributed by atoms with van der Waals surface area (Å²) < 4.78 is 8.69. The summed E-state index contributed by atoms with van der Waals surface area (Å²) in [6.45, 7) is 2.22. The van der Waals surface area contributed by atoms with E-state index in [2.05, 4.69) is 35.9 Å². The van der Waals surface area contributed by atoms with E-state index in [4.69, 9.17) is 0 Å². The van der Waals surface area contributed by atoms with Gasteiger partial charge >= 0.3 is 0 Å². The van der Waals surface area contributed by atoms with Crippen molar-refractivity contribution in [2.45, 2.75) is 6.92 Å². The predicted molar refractivity (Wildman–Crippen MR) is 92.7 cm³/mol. The fraction of sp³-hybridized carbons (Fsp3) is 0.0667. The molecule has 92 valence electrons. The Morgan fingerprint density at radius 3 is 2.47 bits per heavy atom. The fourth-order valence-electron chi connectivity index (χ4n) is 2.63. The molecule has 0 fully saturated rings. The van der Waals surface area contributed by atoms with E-state index in [0.717, 1.165) is 0 Å². The summed E-state index contributed by atoms with van der Waals surface area (Å²) in [5, 5.41) is 7.35. The minimum atomic E-state index is 1.42. The Balaban J connectivity index is 2.06. The van der Waals surface area contributed by atoms with Gasteiger partial charge in [0.2, 0.25) is 0 Å². The average Bonchev–Trinajstić information content (AvgIpc) is 3.09. The van der Waals surface area contributed by atoms with Gasteiger partial charge in [0.05, 0.1) is 9.40 Å². The van der Waals surface area contributed by atoms with E-state index < -0.39 is 0 Å². The van der Waals surface area contributed by atoms with Crippen LogP contribution in [-0.4, -0.2) is 0 Å². The highest BCUT2D eigenvalue weighted by molar-refractivity contribution is 7.34. The maximum Gasteiger partial charge on any atom is 0.0532 e. The standard InChI is InChI=1S/C15H8S4/c1-7-6-17-15-9-5-11-8(4-12(9)19-13(7)15)14-10(18-11)2-3-16-14/h2-6H,1H3. The molecule has 19 heavy (non-hydrogen) atoms. The highest BCUT2D eigenvalue weighted by Crippen LogP contribution is 2.45. The first kappa shape index (κ1) is 10.8. The molecule has 4 heterocycles. The van der Waals surface area contributed by atoms with Crippen LogP contribution in [0.5, 0.6) is 0 Å². The summed E-state index contributed by atoms with van der Waals surface area (Å²) in [4.78, 5) is 0. The van der Waals surface area contributed by atoms with Crippen molar-refractivity contribution in [1.82, 2.24) is 0 Å². The van der Waals surface area contributed by atoms with Gasteiger partial charge in [-0.05, 0) is 41.4 Å². The number of hydrogen-bond donors (Lipinski definition) is 0. The molecule has 0 spiro atoms. The van der Waals surface area contributed by atoms with Crippen LogP contribution in [0.4, 0.5) is 0 Å². The number of benzene rings is 1. The summed E-state index contributed by atoms with van der Waals surface area (Å²) in [5.41, 5.74) is 1.42. The Kier molecular flexibility index (Phi) is 2.03. The summed E-state index contributed by atoms with van der Waals surface area (Å²) in [7, 11) is 0. The van der Waals surface area contributed by atoms with E-state index in [9.17, 15) is 0 Å². The van der Waals surface area contributed by atoms with Crippen molar-refractivity contribution in [2.24, 2.45) is 0 Å². The second kappa shape index (κ2) is 3.58. The van der Waals surface area contributed by atoms with E-state index in [1.165, 1.54) is 44.5 Å². The molecule has 0 aliphatic rings. The Morgan fingerprint density at radius 1 is 0.789 bits per heavy atom. The van der Waals surface area contributed by atoms with Crippen LogP contribution in [0, 0.1) is 6.92 Å². The lowest BCUT2D eigenvalue weighted by atomic mass is 10.2. The van der Waals surface area contributed by atoms with Gasteiger partial charge in [-0.25, -0.2) is 0 Å². The number of thiophene rings is 4. The van der Waals surface area contributed by atoms with Crippen molar-refractivity contribution >= 4 is 84.3 Å². The molecule has 5 rings (SSSR count). The molecule has 0 aliphatic heterocycles. The van der Waals surface area contributed by atoms with Gasteiger partial charge < -0.3 is 0 Å². The van der Waals surface area contributed by atoms with Crippen LogP contribution in [0.2, 0.25) is 0 Å². The Hall–Kier alpha value is -0.940. The minimum absolute atomic E-state index is 1.42. The zero-order valence-corrected chi connectivity index (χ0v) is 13.3. The van der Waals surface area contributed by atoms with Crippen molar-refractivity contribution in [1.29, 1.82) is 0 Å². The van der Waals surface area contributed by atoms with Gasteiger partial charge in [0.25, 0.3) is 0 Å². The molecule has 0 bridgehead atoms. The quantitative estimate of drug-likeness (QED) is 0.293. The normalized spacial score (nSPS) is 12.5. The van der Waals surface area contributed by atoms with E-state index in [1.54, 1.807) is 0 Å². The van der Waals surface area contributed by atoms with Gasteiger partial charge in [0, 0.05) is 29.6 Å². The first-order valence-electron chi connectivity index (χ1n) is 6.01. The molecule has 0 radical (unpaired) electrons. The van der Waals surface area contributed by atoms with Crippen LogP contribution < -0.4 is 0 Å². The molecule has 4 heteroatoms. The second-order valence-corrected chi connectivity index (χ2v) is 8.67. The maximum absolute atomic E-state index is 2.40. The van der Waals surface area contributed by atoms with E-state index >= 15 is 0 Å². The van der Waals surface area contributed by atoms with Gasteiger partial charge in [-0.15, -0.1) is 45.3 Å². The van der Waals surface area contributed by atoms with Crippen molar-refractivity contribution < 1.29 is 0 Å². The number of fused-ring (bicyclic) bond motifs is 6. The molecule has 1 aromatic carbocycles. The van der Waals surface area contributed by atoms with Gasteiger partial charge in [-0.1, -0.05) is 0 Å². The zero-order chi connectivity index (χ0) is 12.6. The molecule has 0 atom stereocenters. The number of rotatable bonds is 0. The topological polar surface area (TPSA) is 0 Å². The first-order chi connectivity index (χ1) is 9.31. The van der Waals surface area contributed by atoms with E-state index in [1.807, 2.05) is 45.3 Å². The molecule has 0 saturated heterocycles. The predicted octanol–water partition coefficient (Wildman–Crippen LogP) is 6.85. The van der Waals surface area contributed by atoms with Crippen LogP contribution in [0.25, 0.3) is 39.0 Å². The van der Waals surface area contributed by atoms with Crippen LogP contribution in [0.3, 0.4) is 0 Å². The molecule has 0 unspecified atom stereocenters. The largest absolute Gasteiger partial charge is 0.142 e. The van der Waals surface area contributed by atoms with Crippen molar-refractivity contribution in [3.63, 3.8) is 0 Å². The van der Waals surface area contributed by atoms with E-state index in [0.29, 0.717) is 0 Å². The summed E-state index contributed by atoms with van der Waals surface area (Å²) in [6.07, 6.45) is 0. The van der Waals surface area contributed by atoms with Crippen LogP contribution >= 0.6 is 45.3 Å². The summed E-state index contributed by atoms with van der Waals surface area (Å²) >= 11 is 7.61. The number of aryl methyl sites for hydroxylation is 1. The summed E-state index contributed by atoms with van der Waals surface area (Å²) in [5.74, 6) is 0. The molecule has 0 amide bonds.